The lowest BCUT2D eigenvalue weighted by atomic mass is 10.2. The standard InChI is InChI=1S/C11H17ClN2O2S/c1-3-13-8-9-5-6-10(7-11(9)12)17(15,16)14-4-2/h5-7,13-14H,3-4,8H2,1-2H3. The molecule has 0 heterocycles. The van der Waals surface area contributed by atoms with E-state index in [9.17, 15) is 8.42 Å². The largest absolute Gasteiger partial charge is 0.313 e. The average molecular weight is 277 g/mol. The molecule has 0 atom stereocenters. The Morgan fingerprint density at radius 1 is 1.24 bits per heavy atom. The van der Waals surface area contributed by atoms with Crippen LogP contribution in [-0.2, 0) is 16.6 Å². The van der Waals surface area contributed by atoms with Gasteiger partial charge in [0, 0.05) is 18.1 Å². The third-order valence-electron chi connectivity index (χ3n) is 2.23. The normalized spacial score (nSPS) is 11.7. The molecule has 0 amide bonds. The van der Waals surface area contributed by atoms with Crippen molar-refractivity contribution < 1.29 is 8.42 Å². The molecular formula is C11H17ClN2O2S. The van der Waals surface area contributed by atoms with Gasteiger partial charge in [-0.3, -0.25) is 0 Å². The fourth-order valence-electron chi connectivity index (χ4n) is 1.37. The number of nitrogens with one attached hydrogen (secondary N) is 2. The van der Waals surface area contributed by atoms with Gasteiger partial charge in [-0.1, -0.05) is 31.5 Å². The Balaban J connectivity index is 2.96. The summed E-state index contributed by atoms with van der Waals surface area (Å²) in [5, 5.41) is 3.60. The first-order chi connectivity index (χ1) is 8.01. The average Bonchev–Trinajstić information content (AvgIpc) is 2.27. The Hall–Kier alpha value is -0.620. The summed E-state index contributed by atoms with van der Waals surface area (Å²) in [6.07, 6.45) is 0. The number of halogens is 1. The van der Waals surface area contributed by atoms with Crippen molar-refractivity contribution in [1.29, 1.82) is 0 Å². The van der Waals surface area contributed by atoms with Crippen LogP contribution in [-0.4, -0.2) is 21.5 Å². The highest BCUT2D eigenvalue weighted by Gasteiger charge is 2.14. The van der Waals surface area contributed by atoms with Crippen LogP contribution in [0.2, 0.25) is 5.02 Å². The highest BCUT2D eigenvalue weighted by molar-refractivity contribution is 7.89. The third kappa shape index (κ3) is 3.96. The number of hydrogen-bond acceptors (Lipinski definition) is 3. The van der Waals surface area contributed by atoms with Crippen LogP contribution in [0.3, 0.4) is 0 Å². The molecule has 0 unspecified atom stereocenters. The van der Waals surface area contributed by atoms with Crippen molar-refractivity contribution >= 4 is 21.6 Å². The lowest BCUT2D eigenvalue weighted by molar-refractivity contribution is 0.584. The molecule has 0 fully saturated rings. The number of rotatable bonds is 6. The lowest BCUT2D eigenvalue weighted by Gasteiger charge is -2.08. The van der Waals surface area contributed by atoms with E-state index in [2.05, 4.69) is 10.0 Å². The number of sulfonamides is 1. The predicted octanol–water partition coefficient (Wildman–Crippen LogP) is 1.75. The van der Waals surface area contributed by atoms with Crippen molar-refractivity contribution in [3.8, 4) is 0 Å². The molecule has 0 aliphatic rings. The van der Waals surface area contributed by atoms with Gasteiger partial charge in [-0.15, -0.1) is 0 Å². The SMILES string of the molecule is CCNCc1ccc(S(=O)(=O)NCC)cc1Cl. The Kier molecular flexibility index (Phi) is 5.39. The molecular weight excluding hydrogens is 260 g/mol. The quantitative estimate of drug-likeness (QED) is 0.832. The van der Waals surface area contributed by atoms with Gasteiger partial charge >= 0.3 is 0 Å². The number of hydrogen-bond donors (Lipinski definition) is 2. The first-order valence-corrected chi connectivity index (χ1v) is 7.36. The summed E-state index contributed by atoms with van der Waals surface area (Å²) in [7, 11) is -3.42. The summed E-state index contributed by atoms with van der Waals surface area (Å²) < 4.78 is 25.9. The van der Waals surface area contributed by atoms with Crippen molar-refractivity contribution in [1.82, 2.24) is 10.0 Å². The third-order valence-corrected chi connectivity index (χ3v) is 4.13. The summed E-state index contributed by atoms with van der Waals surface area (Å²) in [6, 6.07) is 4.78. The van der Waals surface area contributed by atoms with E-state index in [1.54, 1.807) is 19.1 Å². The molecule has 0 aromatic heterocycles. The van der Waals surface area contributed by atoms with Gasteiger partial charge in [0.25, 0.3) is 0 Å². The Bertz CT molecular complexity index is 474. The van der Waals surface area contributed by atoms with Crippen molar-refractivity contribution in [2.45, 2.75) is 25.3 Å². The maximum Gasteiger partial charge on any atom is 0.240 e. The maximum absolute atomic E-state index is 11.7. The molecule has 0 bridgehead atoms. The number of benzene rings is 1. The van der Waals surface area contributed by atoms with E-state index in [0.717, 1.165) is 12.1 Å². The molecule has 1 aromatic carbocycles. The van der Waals surface area contributed by atoms with Crippen molar-refractivity contribution in [3.05, 3.63) is 28.8 Å². The van der Waals surface area contributed by atoms with E-state index in [0.29, 0.717) is 18.1 Å². The molecule has 17 heavy (non-hydrogen) atoms. The smallest absolute Gasteiger partial charge is 0.240 e. The summed E-state index contributed by atoms with van der Waals surface area (Å²) in [6.45, 7) is 5.57. The van der Waals surface area contributed by atoms with Crippen LogP contribution in [0.25, 0.3) is 0 Å². The van der Waals surface area contributed by atoms with E-state index in [-0.39, 0.29) is 4.90 Å². The van der Waals surface area contributed by atoms with E-state index in [1.807, 2.05) is 6.92 Å². The van der Waals surface area contributed by atoms with Gasteiger partial charge in [0.05, 0.1) is 4.90 Å². The molecule has 2 N–H and O–H groups in total. The Labute approximate surface area is 107 Å². The van der Waals surface area contributed by atoms with Crippen LogP contribution >= 0.6 is 11.6 Å². The molecule has 96 valence electrons. The van der Waals surface area contributed by atoms with Gasteiger partial charge in [-0.25, -0.2) is 13.1 Å². The summed E-state index contributed by atoms with van der Waals surface area (Å²) >= 11 is 6.04. The molecule has 6 heteroatoms. The van der Waals surface area contributed by atoms with Gasteiger partial charge in [0.2, 0.25) is 10.0 Å². The highest BCUT2D eigenvalue weighted by atomic mass is 35.5. The molecule has 4 nitrogen and oxygen atoms in total. The van der Waals surface area contributed by atoms with E-state index >= 15 is 0 Å². The fraction of sp³-hybridized carbons (Fsp3) is 0.455. The first-order valence-electron chi connectivity index (χ1n) is 5.50. The van der Waals surface area contributed by atoms with Crippen molar-refractivity contribution in [3.63, 3.8) is 0 Å². The monoisotopic (exact) mass is 276 g/mol. The molecule has 0 spiro atoms. The molecule has 0 saturated heterocycles. The van der Waals surface area contributed by atoms with Gasteiger partial charge < -0.3 is 5.32 Å². The van der Waals surface area contributed by atoms with Crippen molar-refractivity contribution in [2.75, 3.05) is 13.1 Å². The second kappa shape index (κ2) is 6.35. The highest BCUT2D eigenvalue weighted by Crippen LogP contribution is 2.20. The zero-order valence-corrected chi connectivity index (χ0v) is 11.5. The minimum atomic E-state index is -3.42. The van der Waals surface area contributed by atoms with Crippen LogP contribution in [0.1, 0.15) is 19.4 Å². The van der Waals surface area contributed by atoms with Gasteiger partial charge in [-0.2, -0.15) is 0 Å². The second-order valence-corrected chi connectivity index (χ2v) is 5.71. The molecule has 1 rings (SSSR count). The van der Waals surface area contributed by atoms with Crippen LogP contribution in [0.15, 0.2) is 23.1 Å². The molecule has 1 aromatic rings. The van der Waals surface area contributed by atoms with Gasteiger partial charge in [0.15, 0.2) is 0 Å². The minimum Gasteiger partial charge on any atom is -0.313 e. The first kappa shape index (κ1) is 14.4. The Morgan fingerprint density at radius 3 is 2.47 bits per heavy atom. The summed E-state index contributed by atoms with van der Waals surface area (Å²) in [5.74, 6) is 0. The van der Waals surface area contributed by atoms with Crippen LogP contribution in [0, 0.1) is 0 Å². The summed E-state index contributed by atoms with van der Waals surface area (Å²) in [4.78, 5) is 0.199. The van der Waals surface area contributed by atoms with Crippen LogP contribution < -0.4 is 10.0 Å². The van der Waals surface area contributed by atoms with E-state index in [4.69, 9.17) is 11.6 Å². The molecule has 0 aliphatic carbocycles. The van der Waals surface area contributed by atoms with E-state index < -0.39 is 10.0 Å². The fourth-order valence-corrected chi connectivity index (χ4v) is 2.75. The molecule has 0 saturated carbocycles. The summed E-state index contributed by atoms with van der Waals surface area (Å²) in [5.41, 5.74) is 0.893. The van der Waals surface area contributed by atoms with Gasteiger partial charge in [-0.05, 0) is 24.2 Å². The Morgan fingerprint density at radius 2 is 1.94 bits per heavy atom. The van der Waals surface area contributed by atoms with Crippen LogP contribution in [0.4, 0.5) is 0 Å². The van der Waals surface area contributed by atoms with Gasteiger partial charge in [0.1, 0.15) is 0 Å². The maximum atomic E-state index is 11.7. The van der Waals surface area contributed by atoms with Crippen molar-refractivity contribution in [2.24, 2.45) is 0 Å². The zero-order chi connectivity index (χ0) is 12.9. The second-order valence-electron chi connectivity index (χ2n) is 3.53. The topological polar surface area (TPSA) is 58.2 Å². The molecule has 0 aliphatic heterocycles. The lowest BCUT2D eigenvalue weighted by Crippen LogP contribution is -2.23. The van der Waals surface area contributed by atoms with E-state index in [1.165, 1.54) is 6.07 Å². The molecule has 0 radical (unpaired) electrons. The minimum absolute atomic E-state index is 0.199. The predicted molar refractivity (Wildman–Crippen MR) is 69.7 cm³/mol. The van der Waals surface area contributed by atoms with Crippen LogP contribution in [0.5, 0.6) is 0 Å². The zero-order valence-electron chi connectivity index (χ0n) is 9.96.